The maximum Gasteiger partial charge on any atom is 0.233 e. The number of likely N-dealkylation sites (tertiary alicyclic amines) is 1. The van der Waals surface area contributed by atoms with Crippen molar-refractivity contribution in [3.63, 3.8) is 0 Å². The lowest BCUT2D eigenvalue weighted by atomic mass is 9.71. The smallest absolute Gasteiger partial charge is 0.233 e. The molecule has 6 heteroatoms. The summed E-state index contributed by atoms with van der Waals surface area (Å²) in [6, 6.07) is 1.76. The molecule has 0 spiro atoms. The lowest BCUT2D eigenvalue weighted by Crippen LogP contribution is -2.55. The summed E-state index contributed by atoms with van der Waals surface area (Å²) in [6.07, 6.45) is 8.30. The molecule has 3 rings (SSSR count). The highest BCUT2D eigenvalue weighted by Crippen LogP contribution is 2.39. The Labute approximate surface area is 129 Å². The van der Waals surface area contributed by atoms with Crippen LogP contribution in [0.25, 0.3) is 0 Å². The second-order valence-electron chi connectivity index (χ2n) is 5.96. The third-order valence-corrected chi connectivity index (χ3v) is 5.51. The van der Waals surface area contributed by atoms with Gasteiger partial charge in [-0.15, -0.1) is 0 Å². The molecule has 1 aliphatic heterocycles. The number of carbonyl (C=O) groups excluding carboxylic acids is 1. The predicted molar refractivity (Wildman–Crippen MR) is 80.9 cm³/mol. The molecule has 0 aromatic carbocycles. The topological polar surface area (TPSA) is 66.3 Å². The van der Waals surface area contributed by atoms with Crippen molar-refractivity contribution in [2.75, 3.05) is 18.8 Å². The average molecular weight is 307 g/mol. The van der Waals surface area contributed by atoms with E-state index in [2.05, 4.69) is 9.97 Å². The number of hydrogen-bond acceptors (Lipinski definition) is 5. The third kappa shape index (κ3) is 3.37. The molecule has 2 aliphatic rings. The van der Waals surface area contributed by atoms with Gasteiger partial charge in [0.05, 0.1) is 11.4 Å². The summed E-state index contributed by atoms with van der Waals surface area (Å²) in [4.78, 5) is 22.4. The standard InChI is InChI=1S/C15H21N3O2S/c19-13(11-21-14-16-7-3-8-17-14)18-9-6-15(20)5-2-1-4-12(15)10-18/h3,7-8,12,20H,1-2,4-6,9-11H2/t12-,15-/m1/s1. The first-order chi connectivity index (χ1) is 10.2. The quantitative estimate of drug-likeness (QED) is 0.680. The Bertz CT molecular complexity index is 499. The zero-order valence-electron chi connectivity index (χ0n) is 12.1. The van der Waals surface area contributed by atoms with Crippen LogP contribution in [0.3, 0.4) is 0 Å². The molecule has 1 aromatic heterocycles. The molecule has 1 saturated carbocycles. The molecule has 1 N–H and O–H groups in total. The van der Waals surface area contributed by atoms with Crippen molar-refractivity contribution in [2.24, 2.45) is 5.92 Å². The highest BCUT2D eigenvalue weighted by molar-refractivity contribution is 7.99. The van der Waals surface area contributed by atoms with Crippen LogP contribution in [-0.2, 0) is 4.79 Å². The fourth-order valence-corrected chi connectivity index (χ4v) is 4.08. The summed E-state index contributed by atoms with van der Waals surface area (Å²) in [6.45, 7) is 1.37. The monoisotopic (exact) mass is 307 g/mol. The van der Waals surface area contributed by atoms with Gasteiger partial charge in [0, 0.05) is 31.4 Å². The number of amides is 1. The Kier molecular flexibility index (Phi) is 4.45. The van der Waals surface area contributed by atoms with E-state index in [0.29, 0.717) is 24.0 Å². The van der Waals surface area contributed by atoms with Crippen molar-refractivity contribution in [3.8, 4) is 0 Å². The second-order valence-corrected chi connectivity index (χ2v) is 6.90. The van der Waals surface area contributed by atoms with Gasteiger partial charge in [-0.25, -0.2) is 9.97 Å². The van der Waals surface area contributed by atoms with Gasteiger partial charge in [0.1, 0.15) is 0 Å². The predicted octanol–water partition coefficient (Wildman–Crippen LogP) is 1.72. The first kappa shape index (κ1) is 14.8. The minimum absolute atomic E-state index is 0.125. The molecule has 1 aromatic rings. The number of fused-ring (bicyclic) bond motifs is 1. The normalized spacial score (nSPS) is 29.0. The maximum atomic E-state index is 12.3. The fourth-order valence-electron chi connectivity index (χ4n) is 3.37. The van der Waals surface area contributed by atoms with Crippen LogP contribution in [0.5, 0.6) is 0 Å². The Morgan fingerprint density at radius 2 is 2.19 bits per heavy atom. The Morgan fingerprint density at radius 1 is 1.38 bits per heavy atom. The Hall–Kier alpha value is -1.14. The van der Waals surface area contributed by atoms with E-state index in [-0.39, 0.29) is 11.8 Å². The second kappa shape index (κ2) is 6.32. The molecule has 1 saturated heterocycles. The van der Waals surface area contributed by atoms with Crippen LogP contribution in [0.4, 0.5) is 0 Å². The number of hydrogen-bond donors (Lipinski definition) is 1. The summed E-state index contributed by atoms with van der Waals surface area (Å²) < 4.78 is 0. The van der Waals surface area contributed by atoms with E-state index in [9.17, 15) is 9.90 Å². The van der Waals surface area contributed by atoms with Crippen LogP contribution in [0.1, 0.15) is 32.1 Å². The number of piperidine rings is 1. The summed E-state index contributed by atoms with van der Waals surface area (Å²) in [5, 5.41) is 11.3. The number of aromatic nitrogens is 2. The number of nitrogens with zero attached hydrogens (tertiary/aromatic N) is 3. The lowest BCUT2D eigenvalue weighted by Gasteiger charge is -2.47. The molecule has 0 bridgehead atoms. The summed E-state index contributed by atoms with van der Waals surface area (Å²) in [7, 11) is 0. The van der Waals surface area contributed by atoms with Crippen LogP contribution in [0.2, 0.25) is 0 Å². The molecule has 1 amide bonds. The van der Waals surface area contributed by atoms with Gasteiger partial charge in [-0.3, -0.25) is 4.79 Å². The number of rotatable bonds is 3. The van der Waals surface area contributed by atoms with Crippen molar-refractivity contribution in [3.05, 3.63) is 18.5 Å². The van der Waals surface area contributed by atoms with Crippen LogP contribution in [-0.4, -0.2) is 50.3 Å². The van der Waals surface area contributed by atoms with Gasteiger partial charge in [0.15, 0.2) is 5.16 Å². The molecular formula is C15H21N3O2S. The first-order valence-corrected chi connectivity index (χ1v) is 8.56. The fraction of sp³-hybridized carbons (Fsp3) is 0.667. The zero-order valence-corrected chi connectivity index (χ0v) is 12.9. The summed E-state index contributed by atoms with van der Waals surface area (Å²) >= 11 is 1.37. The van der Waals surface area contributed by atoms with E-state index in [1.54, 1.807) is 18.5 Å². The van der Waals surface area contributed by atoms with Gasteiger partial charge in [-0.2, -0.15) is 0 Å². The van der Waals surface area contributed by atoms with Crippen LogP contribution in [0.15, 0.2) is 23.6 Å². The first-order valence-electron chi connectivity index (χ1n) is 7.57. The highest BCUT2D eigenvalue weighted by atomic mass is 32.2. The number of carbonyl (C=O) groups is 1. The molecule has 0 radical (unpaired) electrons. The molecule has 114 valence electrons. The third-order valence-electron chi connectivity index (χ3n) is 4.65. The molecule has 21 heavy (non-hydrogen) atoms. The van der Waals surface area contributed by atoms with Crippen molar-refractivity contribution >= 4 is 17.7 Å². The van der Waals surface area contributed by atoms with Crippen LogP contribution >= 0.6 is 11.8 Å². The minimum Gasteiger partial charge on any atom is -0.389 e. The van der Waals surface area contributed by atoms with Gasteiger partial charge in [0.25, 0.3) is 0 Å². The molecule has 0 unspecified atom stereocenters. The SMILES string of the molecule is O=C(CSc1ncccn1)N1CC[C@]2(O)CCCC[C@@H]2C1. The van der Waals surface area contributed by atoms with Crippen molar-refractivity contribution in [1.29, 1.82) is 0 Å². The van der Waals surface area contributed by atoms with E-state index in [1.807, 2.05) is 4.90 Å². The van der Waals surface area contributed by atoms with Crippen LogP contribution in [0, 0.1) is 5.92 Å². The van der Waals surface area contributed by atoms with Gasteiger partial charge >= 0.3 is 0 Å². The highest BCUT2D eigenvalue weighted by Gasteiger charge is 2.43. The number of thioether (sulfide) groups is 1. The molecule has 2 atom stereocenters. The summed E-state index contributed by atoms with van der Waals surface area (Å²) in [5.41, 5.74) is -0.523. The van der Waals surface area contributed by atoms with E-state index in [1.165, 1.54) is 18.2 Å². The largest absolute Gasteiger partial charge is 0.389 e. The molecule has 5 nitrogen and oxygen atoms in total. The van der Waals surface area contributed by atoms with E-state index in [0.717, 1.165) is 25.7 Å². The van der Waals surface area contributed by atoms with Gasteiger partial charge < -0.3 is 10.0 Å². The Morgan fingerprint density at radius 3 is 3.00 bits per heavy atom. The van der Waals surface area contributed by atoms with E-state index in [4.69, 9.17) is 0 Å². The molecule has 2 heterocycles. The minimum atomic E-state index is -0.523. The average Bonchev–Trinajstić information content (AvgIpc) is 2.52. The van der Waals surface area contributed by atoms with Gasteiger partial charge in [-0.05, 0) is 25.3 Å². The van der Waals surface area contributed by atoms with E-state index < -0.39 is 5.60 Å². The maximum absolute atomic E-state index is 12.3. The molecule has 1 aliphatic carbocycles. The van der Waals surface area contributed by atoms with Gasteiger partial charge in [0.2, 0.25) is 5.91 Å². The molecular weight excluding hydrogens is 286 g/mol. The van der Waals surface area contributed by atoms with Crippen molar-refractivity contribution in [2.45, 2.75) is 42.9 Å². The lowest BCUT2D eigenvalue weighted by molar-refractivity contribution is -0.140. The zero-order chi connectivity index (χ0) is 14.7. The Balaban J connectivity index is 1.54. The van der Waals surface area contributed by atoms with Crippen LogP contribution < -0.4 is 0 Å². The van der Waals surface area contributed by atoms with E-state index >= 15 is 0 Å². The summed E-state index contributed by atoms with van der Waals surface area (Å²) in [5.74, 6) is 0.747. The molecule has 2 fully saturated rings. The van der Waals surface area contributed by atoms with Gasteiger partial charge in [-0.1, -0.05) is 24.6 Å². The van der Waals surface area contributed by atoms with Crippen molar-refractivity contribution < 1.29 is 9.90 Å². The van der Waals surface area contributed by atoms with Crippen molar-refractivity contribution in [1.82, 2.24) is 14.9 Å². The number of aliphatic hydroxyl groups is 1.